The maximum Gasteiger partial charge on any atom is 0.243 e. The van der Waals surface area contributed by atoms with Crippen molar-refractivity contribution in [1.29, 1.82) is 0 Å². The molecular formula is C13H18FN3O2. The zero-order valence-electron chi connectivity index (χ0n) is 11.1. The summed E-state index contributed by atoms with van der Waals surface area (Å²) >= 11 is 0. The van der Waals surface area contributed by atoms with Crippen LogP contribution in [0.2, 0.25) is 0 Å². The highest BCUT2D eigenvalue weighted by Gasteiger charge is 2.26. The Labute approximate surface area is 111 Å². The highest BCUT2D eigenvalue weighted by atomic mass is 19.1. The first kappa shape index (κ1) is 13.8. The number of carbonyl (C=O) groups is 1. The molecule has 0 aromatic heterocycles. The van der Waals surface area contributed by atoms with Gasteiger partial charge in [-0.1, -0.05) is 0 Å². The maximum absolute atomic E-state index is 13.2. The van der Waals surface area contributed by atoms with Gasteiger partial charge in [-0.05, 0) is 19.2 Å². The van der Waals surface area contributed by atoms with E-state index in [1.54, 1.807) is 0 Å². The molecule has 1 aliphatic heterocycles. The van der Waals surface area contributed by atoms with Crippen LogP contribution in [-0.4, -0.2) is 50.6 Å². The Bertz CT molecular complexity index is 467. The summed E-state index contributed by atoms with van der Waals surface area (Å²) in [5.74, 6) is -0.133. The van der Waals surface area contributed by atoms with Crippen molar-refractivity contribution < 1.29 is 13.9 Å². The number of ether oxygens (including phenoxy) is 1. The van der Waals surface area contributed by atoms with Crippen LogP contribution in [0, 0.1) is 5.82 Å². The number of carbonyl (C=O) groups excluding carboxylic acids is 1. The fourth-order valence-corrected chi connectivity index (χ4v) is 2.09. The molecule has 104 valence electrons. The number of hydrogen-bond acceptors (Lipinski definition) is 4. The van der Waals surface area contributed by atoms with E-state index in [9.17, 15) is 9.18 Å². The van der Waals surface area contributed by atoms with Crippen LogP contribution in [0.4, 0.5) is 10.1 Å². The van der Waals surface area contributed by atoms with E-state index in [1.807, 2.05) is 11.9 Å². The number of anilines is 1. The Morgan fingerprint density at radius 1 is 1.58 bits per heavy atom. The van der Waals surface area contributed by atoms with Gasteiger partial charge in [0.2, 0.25) is 5.91 Å². The minimum atomic E-state index is -0.411. The third-order valence-corrected chi connectivity index (χ3v) is 3.23. The van der Waals surface area contributed by atoms with Gasteiger partial charge in [0, 0.05) is 25.7 Å². The molecule has 2 N–H and O–H groups in total. The first-order chi connectivity index (χ1) is 9.11. The van der Waals surface area contributed by atoms with Gasteiger partial charge in [0.25, 0.3) is 0 Å². The largest absolute Gasteiger partial charge is 0.495 e. The fraction of sp³-hybridized carbons (Fsp3) is 0.462. The molecule has 1 unspecified atom stereocenters. The van der Waals surface area contributed by atoms with Crippen molar-refractivity contribution in [3.8, 4) is 5.75 Å². The summed E-state index contributed by atoms with van der Waals surface area (Å²) < 4.78 is 18.3. The number of nitrogens with zero attached hydrogens (tertiary/aromatic N) is 1. The summed E-state index contributed by atoms with van der Waals surface area (Å²) in [5, 5.41) is 5.88. The van der Waals surface area contributed by atoms with E-state index in [0.29, 0.717) is 18.0 Å². The van der Waals surface area contributed by atoms with Crippen molar-refractivity contribution in [1.82, 2.24) is 10.2 Å². The van der Waals surface area contributed by atoms with Gasteiger partial charge in [0.05, 0.1) is 12.8 Å². The summed E-state index contributed by atoms with van der Waals surface area (Å²) in [6.07, 6.45) is 0. The van der Waals surface area contributed by atoms with Crippen LogP contribution in [0.25, 0.3) is 0 Å². The Morgan fingerprint density at radius 2 is 2.37 bits per heavy atom. The summed E-state index contributed by atoms with van der Waals surface area (Å²) in [6.45, 7) is 2.25. The highest BCUT2D eigenvalue weighted by Crippen LogP contribution is 2.25. The predicted octanol–water partition coefficient (Wildman–Crippen LogP) is 0.676. The average molecular weight is 267 g/mol. The van der Waals surface area contributed by atoms with Gasteiger partial charge in [-0.2, -0.15) is 0 Å². The van der Waals surface area contributed by atoms with Gasteiger partial charge in [-0.3, -0.25) is 9.69 Å². The standard InChI is InChI=1S/C13H18FN3O2/c1-17-6-5-15-8-11(17)13(18)16-10-7-9(14)3-4-12(10)19-2/h3-4,7,11,15H,5-6,8H2,1-2H3,(H,16,18). The van der Waals surface area contributed by atoms with Gasteiger partial charge in [-0.25, -0.2) is 4.39 Å². The molecule has 1 fully saturated rings. The maximum atomic E-state index is 13.2. The summed E-state index contributed by atoms with van der Waals surface area (Å²) in [7, 11) is 3.38. The van der Waals surface area contributed by atoms with Crippen LogP contribution in [0.3, 0.4) is 0 Å². The van der Waals surface area contributed by atoms with Crippen molar-refractivity contribution >= 4 is 11.6 Å². The number of benzene rings is 1. The van der Waals surface area contributed by atoms with E-state index in [0.717, 1.165) is 13.1 Å². The molecule has 1 heterocycles. The minimum Gasteiger partial charge on any atom is -0.495 e. The first-order valence-corrected chi connectivity index (χ1v) is 6.17. The smallest absolute Gasteiger partial charge is 0.243 e. The van der Waals surface area contributed by atoms with Crippen LogP contribution in [0.5, 0.6) is 5.75 Å². The fourth-order valence-electron chi connectivity index (χ4n) is 2.09. The minimum absolute atomic E-state index is 0.168. The Balaban J connectivity index is 2.11. The van der Waals surface area contributed by atoms with E-state index < -0.39 is 5.82 Å². The van der Waals surface area contributed by atoms with Gasteiger partial charge in [0.1, 0.15) is 17.6 Å². The molecule has 0 spiro atoms. The summed E-state index contributed by atoms with van der Waals surface area (Å²) in [4.78, 5) is 14.2. The second-order valence-electron chi connectivity index (χ2n) is 4.53. The van der Waals surface area contributed by atoms with Crippen LogP contribution < -0.4 is 15.4 Å². The lowest BCUT2D eigenvalue weighted by Gasteiger charge is -2.31. The Morgan fingerprint density at radius 3 is 3.05 bits per heavy atom. The number of likely N-dealkylation sites (N-methyl/N-ethyl adjacent to an activating group) is 1. The molecule has 1 aromatic carbocycles. The highest BCUT2D eigenvalue weighted by molar-refractivity contribution is 5.96. The lowest BCUT2D eigenvalue weighted by molar-refractivity contribution is -0.121. The number of nitrogens with one attached hydrogen (secondary N) is 2. The van der Waals surface area contributed by atoms with Crippen LogP contribution in [0.15, 0.2) is 18.2 Å². The molecule has 2 rings (SSSR count). The molecule has 1 saturated heterocycles. The molecule has 0 saturated carbocycles. The van der Waals surface area contributed by atoms with Gasteiger partial charge in [-0.15, -0.1) is 0 Å². The number of hydrogen-bond donors (Lipinski definition) is 2. The Kier molecular flexibility index (Phi) is 4.34. The number of methoxy groups -OCH3 is 1. The molecule has 5 nitrogen and oxygen atoms in total. The summed E-state index contributed by atoms with van der Waals surface area (Å²) in [5.41, 5.74) is 0.353. The van der Waals surface area contributed by atoms with Crippen molar-refractivity contribution in [2.24, 2.45) is 0 Å². The van der Waals surface area contributed by atoms with Crippen molar-refractivity contribution in [3.63, 3.8) is 0 Å². The first-order valence-electron chi connectivity index (χ1n) is 6.17. The van der Waals surface area contributed by atoms with Crippen LogP contribution >= 0.6 is 0 Å². The molecule has 0 radical (unpaired) electrons. The average Bonchev–Trinajstić information content (AvgIpc) is 2.39. The van der Waals surface area contributed by atoms with Gasteiger partial charge >= 0.3 is 0 Å². The molecule has 1 aliphatic rings. The SMILES string of the molecule is COc1ccc(F)cc1NC(=O)C1CNCCN1C. The van der Waals surface area contributed by atoms with E-state index >= 15 is 0 Å². The van der Waals surface area contributed by atoms with Crippen molar-refractivity contribution in [2.45, 2.75) is 6.04 Å². The molecule has 6 heteroatoms. The number of amides is 1. The molecule has 1 aromatic rings. The lowest BCUT2D eigenvalue weighted by atomic mass is 10.2. The van der Waals surface area contributed by atoms with E-state index in [2.05, 4.69) is 10.6 Å². The van der Waals surface area contributed by atoms with Crippen molar-refractivity contribution in [3.05, 3.63) is 24.0 Å². The normalized spacial score (nSPS) is 20.1. The third kappa shape index (κ3) is 3.21. The number of halogens is 1. The molecule has 0 aliphatic carbocycles. The number of piperazine rings is 1. The van der Waals surface area contributed by atoms with E-state index in [1.165, 1.54) is 25.3 Å². The third-order valence-electron chi connectivity index (χ3n) is 3.23. The topological polar surface area (TPSA) is 53.6 Å². The van der Waals surface area contributed by atoms with Gasteiger partial charge < -0.3 is 15.4 Å². The predicted molar refractivity (Wildman–Crippen MR) is 70.9 cm³/mol. The van der Waals surface area contributed by atoms with Crippen LogP contribution in [-0.2, 0) is 4.79 Å². The second-order valence-corrected chi connectivity index (χ2v) is 4.53. The molecule has 0 bridgehead atoms. The molecule has 1 atom stereocenters. The Hall–Kier alpha value is -1.66. The molecule has 19 heavy (non-hydrogen) atoms. The number of rotatable bonds is 3. The molecular weight excluding hydrogens is 249 g/mol. The zero-order chi connectivity index (χ0) is 13.8. The summed E-state index contributed by atoms with van der Waals surface area (Å²) in [6, 6.07) is 3.78. The lowest BCUT2D eigenvalue weighted by Crippen LogP contribution is -2.54. The second kappa shape index (κ2) is 5.99. The van der Waals surface area contributed by atoms with E-state index in [4.69, 9.17) is 4.74 Å². The van der Waals surface area contributed by atoms with Crippen molar-refractivity contribution in [2.75, 3.05) is 39.1 Å². The van der Waals surface area contributed by atoms with Gasteiger partial charge in [0.15, 0.2) is 0 Å². The quantitative estimate of drug-likeness (QED) is 0.845. The zero-order valence-corrected chi connectivity index (χ0v) is 11.1. The molecule has 1 amide bonds. The monoisotopic (exact) mass is 267 g/mol. The van der Waals surface area contributed by atoms with Crippen LogP contribution in [0.1, 0.15) is 0 Å². The van der Waals surface area contributed by atoms with E-state index in [-0.39, 0.29) is 11.9 Å².